The maximum Gasteiger partial charge on any atom is 0.374 e. The van der Waals surface area contributed by atoms with Crippen LogP contribution in [0.25, 0.3) is 5.69 Å². The average Bonchev–Trinajstić information content (AvgIpc) is 3.14. The number of aromatic nitrogens is 3. The lowest BCUT2D eigenvalue weighted by Gasteiger charge is -1.98. The van der Waals surface area contributed by atoms with Gasteiger partial charge in [-0.05, 0) is 25.0 Å². The molecule has 0 spiro atoms. The van der Waals surface area contributed by atoms with Gasteiger partial charge in [0.2, 0.25) is 5.82 Å². The van der Waals surface area contributed by atoms with Crippen LogP contribution in [-0.2, 0) is 0 Å². The predicted molar refractivity (Wildman–Crippen MR) is 63.1 cm³/mol. The molecule has 0 bridgehead atoms. The zero-order chi connectivity index (χ0) is 12.7. The third-order valence-electron chi connectivity index (χ3n) is 2.91. The first-order valence-electron chi connectivity index (χ1n) is 5.69. The molecule has 1 N–H and O–H groups in total. The highest BCUT2D eigenvalue weighted by Gasteiger charge is 2.32. The van der Waals surface area contributed by atoms with Crippen molar-refractivity contribution in [2.24, 2.45) is 0 Å². The van der Waals surface area contributed by atoms with Gasteiger partial charge in [-0.3, -0.25) is 4.57 Å². The van der Waals surface area contributed by atoms with E-state index in [0.717, 1.165) is 17.5 Å². The van der Waals surface area contributed by atoms with Gasteiger partial charge in [0.05, 0.1) is 5.69 Å². The van der Waals surface area contributed by atoms with Crippen molar-refractivity contribution in [2.45, 2.75) is 18.9 Å². The molecule has 6 nitrogen and oxygen atoms in total. The first kappa shape index (κ1) is 10.8. The molecule has 1 aromatic heterocycles. The van der Waals surface area contributed by atoms with Gasteiger partial charge in [0.25, 0.3) is 0 Å². The maximum atomic E-state index is 12.2. The van der Waals surface area contributed by atoms with Crippen molar-refractivity contribution in [1.29, 1.82) is 0 Å². The normalized spacial score (nSPS) is 14.7. The Hall–Kier alpha value is -2.37. The molecule has 1 aromatic carbocycles. The van der Waals surface area contributed by atoms with Gasteiger partial charge >= 0.3 is 11.7 Å². The van der Waals surface area contributed by atoms with Crippen LogP contribution >= 0.6 is 0 Å². The molecule has 0 amide bonds. The molecule has 18 heavy (non-hydrogen) atoms. The van der Waals surface area contributed by atoms with Gasteiger partial charge in [0, 0.05) is 6.04 Å². The van der Waals surface area contributed by atoms with Gasteiger partial charge in [0.1, 0.15) is 0 Å². The zero-order valence-corrected chi connectivity index (χ0v) is 9.48. The van der Waals surface area contributed by atoms with Crippen molar-refractivity contribution in [2.75, 3.05) is 0 Å². The van der Waals surface area contributed by atoms with Crippen LogP contribution in [0.1, 0.15) is 29.5 Å². The van der Waals surface area contributed by atoms with Crippen molar-refractivity contribution in [3.05, 3.63) is 46.6 Å². The number of carbonyl (C=O) groups is 1. The fourth-order valence-electron chi connectivity index (χ4n) is 1.92. The van der Waals surface area contributed by atoms with E-state index in [9.17, 15) is 9.59 Å². The summed E-state index contributed by atoms with van der Waals surface area (Å²) in [7, 11) is 0. The standard InChI is InChI=1S/C12H11N3O3/c16-11(17)10-13-15(9-4-2-1-3-5-9)12(18)14(10)8-6-7-8/h1-5,8H,6-7H2,(H,16,17). The molecule has 3 rings (SSSR count). The molecule has 2 aromatic rings. The Labute approximate surface area is 102 Å². The Morgan fingerprint density at radius 3 is 2.50 bits per heavy atom. The summed E-state index contributed by atoms with van der Waals surface area (Å²) < 4.78 is 2.41. The molecule has 6 heteroatoms. The van der Waals surface area contributed by atoms with Gasteiger partial charge in [-0.1, -0.05) is 18.2 Å². The van der Waals surface area contributed by atoms with Crippen LogP contribution in [0.2, 0.25) is 0 Å². The number of hydrogen-bond donors (Lipinski definition) is 1. The second-order valence-corrected chi connectivity index (χ2v) is 4.26. The number of nitrogens with zero attached hydrogens (tertiary/aromatic N) is 3. The molecular formula is C12H11N3O3. The number of para-hydroxylation sites is 1. The van der Waals surface area contributed by atoms with Crippen LogP contribution in [-0.4, -0.2) is 25.4 Å². The molecule has 0 saturated heterocycles. The van der Waals surface area contributed by atoms with E-state index >= 15 is 0 Å². The van der Waals surface area contributed by atoms with Crippen molar-refractivity contribution in [3.63, 3.8) is 0 Å². The van der Waals surface area contributed by atoms with E-state index in [1.54, 1.807) is 24.3 Å². The second kappa shape index (κ2) is 3.83. The fourth-order valence-corrected chi connectivity index (χ4v) is 1.92. The minimum absolute atomic E-state index is 0.0129. The van der Waals surface area contributed by atoms with Crippen molar-refractivity contribution < 1.29 is 9.90 Å². The molecule has 1 aliphatic carbocycles. The molecule has 1 saturated carbocycles. The Morgan fingerprint density at radius 1 is 1.28 bits per heavy atom. The smallest absolute Gasteiger partial charge is 0.374 e. The number of rotatable bonds is 3. The lowest BCUT2D eigenvalue weighted by molar-refractivity contribution is 0.0676. The van der Waals surface area contributed by atoms with Crippen LogP contribution in [0.5, 0.6) is 0 Å². The SMILES string of the molecule is O=C(O)c1nn(-c2ccccc2)c(=O)n1C1CC1. The number of carboxylic acids is 1. The third kappa shape index (κ3) is 1.62. The van der Waals surface area contributed by atoms with Crippen LogP contribution in [0.15, 0.2) is 35.1 Å². The van der Waals surface area contributed by atoms with Crippen molar-refractivity contribution in [3.8, 4) is 5.69 Å². The van der Waals surface area contributed by atoms with Crippen molar-refractivity contribution in [1.82, 2.24) is 14.3 Å². The number of hydrogen-bond acceptors (Lipinski definition) is 3. The lowest BCUT2D eigenvalue weighted by atomic mass is 10.3. The minimum atomic E-state index is -1.17. The van der Waals surface area contributed by atoms with E-state index < -0.39 is 5.97 Å². The quantitative estimate of drug-likeness (QED) is 0.877. The first-order chi connectivity index (χ1) is 8.68. The molecule has 0 unspecified atom stereocenters. The van der Waals surface area contributed by atoms with Crippen LogP contribution < -0.4 is 5.69 Å². The molecule has 92 valence electrons. The van der Waals surface area contributed by atoms with Gasteiger partial charge in [-0.2, -0.15) is 4.68 Å². The van der Waals surface area contributed by atoms with Crippen LogP contribution in [0.3, 0.4) is 0 Å². The zero-order valence-electron chi connectivity index (χ0n) is 9.48. The summed E-state index contributed by atoms with van der Waals surface area (Å²) in [5.41, 5.74) is 0.186. The summed E-state index contributed by atoms with van der Waals surface area (Å²) >= 11 is 0. The maximum absolute atomic E-state index is 12.2. The Kier molecular flexibility index (Phi) is 2.29. The highest BCUT2D eigenvalue weighted by molar-refractivity contribution is 5.83. The van der Waals surface area contributed by atoms with E-state index in [-0.39, 0.29) is 17.6 Å². The van der Waals surface area contributed by atoms with Gasteiger partial charge in [-0.15, -0.1) is 5.10 Å². The lowest BCUT2D eigenvalue weighted by Crippen LogP contribution is -2.24. The van der Waals surface area contributed by atoms with Crippen LogP contribution in [0.4, 0.5) is 0 Å². The summed E-state index contributed by atoms with van der Waals surface area (Å²) in [6.45, 7) is 0. The van der Waals surface area contributed by atoms with Crippen molar-refractivity contribution >= 4 is 5.97 Å². The monoisotopic (exact) mass is 245 g/mol. The van der Waals surface area contributed by atoms with Crippen LogP contribution in [0, 0.1) is 0 Å². The molecule has 1 aliphatic rings. The summed E-state index contributed by atoms with van der Waals surface area (Å²) in [5, 5.41) is 13.0. The molecule has 0 radical (unpaired) electrons. The Morgan fingerprint density at radius 2 is 1.94 bits per heavy atom. The predicted octanol–water partition coefficient (Wildman–Crippen LogP) is 1.07. The molecule has 0 atom stereocenters. The first-order valence-corrected chi connectivity index (χ1v) is 5.69. The summed E-state index contributed by atoms with van der Waals surface area (Å²) in [6.07, 6.45) is 1.67. The minimum Gasteiger partial charge on any atom is -0.475 e. The highest BCUT2D eigenvalue weighted by Crippen LogP contribution is 2.34. The molecule has 1 heterocycles. The summed E-state index contributed by atoms with van der Waals surface area (Å²) in [4.78, 5) is 23.3. The molecule has 0 aliphatic heterocycles. The second-order valence-electron chi connectivity index (χ2n) is 4.26. The average molecular weight is 245 g/mol. The number of benzene rings is 1. The van der Waals surface area contributed by atoms with E-state index in [2.05, 4.69) is 5.10 Å². The molecular weight excluding hydrogens is 234 g/mol. The third-order valence-corrected chi connectivity index (χ3v) is 2.91. The Balaban J connectivity index is 2.20. The highest BCUT2D eigenvalue weighted by atomic mass is 16.4. The van der Waals surface area contributed by atoms with Gasteiger partial charge in [0.15, 0.2) is 0 Å². The fraction of sp³-hybridized carbons (Fsp3) is 0.250. The van der Waals surface area contributed by atoms with E-state index in [1.807, 2.05) is 6.07 Å². The van der Waals surface area contributed by atoms with E-state index in [0.29, 0.717) is 5.69 Å². The Bertz CT molecular complexity index is 653. The summed E-state index contributed by atoms with van der Waals surface area (Å²) in [5.74, 6) is -1.36. The summed E-state index contributed by atoms with van der Waals surface area (Å²) in [6, 6.07) is 8.80. The van der Waals surface area contributed by atoms with Gasteiger partial charge in [-0.25, -0.2) is 9.59 Å². The number of carboxylic acid groups (broad SMARTS) is 1. The van der Waals surface area contributed by atoms with Gasteiger partial charge < -0.3 is 5.11 Å². The van der Waals surface area contributed by atoms with E-state index in [1.165, 1.54) is 4.57 Å². The number of aromatic carboxylic acids is 1. The van der Waals surface area contributed by atoms with E-state index in [4.69, 9.17) is 5.11 Å². The molecule has 1 fully saturated rings. The topological polar surface area (TPSA) is 77.1 Å². The largest absolute Gasteiger partial charge is 0.475 e.